The summed E-state index contributed by atoms with van der Waals surface area (Å²) in [5.41, 5.74) is 0.158. The smallest absolute Gasteiger partial charge is 0.159 e. The average molecular weight is 464 g/mol. The lowest BCUT2D eigenvalue weighted by Crippen LogP contribution is -1.99. The number of unbranched alkanes of at least 4 members (excludes halogenated alkanes) is 2. The minimum atomic E-state index is -0.983. The third-order valence-electron chi connectivity index (χ3n) is 5.16. The molecule has 0 N–H and O–H groups in total. The number of hydrogen-bond acceptors (Lipinski definition) is 3. The van der Waals surface area contributed by atoms with Crippen molar-refractivity contribution in [1.82, 2.24) is 9.97 Å². The molecule has 1 heterocycles. The normalized spacial score (nSPS) is 10.7. The average Bonchev–Trinajstić information content (AvgIpc) is 2.82. The maximum absolute atomic E-state index is 14.7. The summed E-state index contributed by atoms with van der Waals surface area (Å²) < 4.78 is 61.7. The van der Waals surface area contributed by atoms with E-state index < -0.39 is 28.8 Å². The van der Waals surface area contributed by atoms with Crippen molar-refractivity contribution in [3.63, 3.8) is 0 Å². The van der Waals surface area contributed by atoms with Crippen LogP contribution in [0.2, 0.25) is 0 Å². The molecule has 0 saturated carbocycles. The maximum atomic E-state index is 14.7. The molecule has 172 valence electrons. The highest BCUT2D eigenvalue weighted by molar-refractivity contribution is 5.84. The molecular weight excluding hydrogens is 444 g/mol. The SMILES string of the molecule is CCCCCOc1cnc(-c2cc(F)c(C#Cc3ccc4cc(F)c(F)cc4c3)c(F)c2)nc1. The first-order valence-electron chi connectivity index (χ1n) is 10.8. The zero-order valence-electron chi connectivity index (χ0n) is 18.3. The third-order valence-corrected chi connectivity index (χ3v) is 5.16. The Bertz CT molecular complexity index is 1370. The number of aromatic nitrogens is 2. The molecule has 3 nitrogen and oxygen atoms in total. The molecule has 0 atom stereocenters. The van der Waals surface area contributed by atoms with Crippen LogP contribution in [0, 0.1) is 35.1 Å². The zero-order chi connectivity index (χ0) is 24.1. The van der Waals surface area contributed by atoms with Gasteiger partial charge in [-0.15, -0.1) is 0 Å². The van der Waals surface area contributed by atoms with Gasteiger partial charge in [-0.1, -0.05) is 37.7 Å². The van der Waals surface area contributed by atoms with E-state index in [9.17, 15) is 17.6 Å². The molecule has 0 aliphatic rings. The minimum Gasteiger partial charge on any atom is -0.490 e. The predicted molar refractivity (Wildman–Crippen MR) is 122 cm³/mol. The molecule has 0 amide bonds. The summed E-state index contributed by atoms with van der Waals surface area (Å²) >= 11 is 0. The quantitative estimate of drug-likeness (QED) is 0.178. The Kier molecular flexibility index (Phi) is 7.07. The van der Waals surface area contributed by atoms with Crippen LogP contribution in [-0.2, 0) is 0 Å². The van der Waals surface area contributed by atoms with Crippen molar-refractivity contribution in [2.45, 2.75) is 26.2 Å². The molecule has 4 aromatic rings. The number of hydrogen-bond donors (Lipinski definition) is 0. The van der Waals surface area contributed by atoms with E-state index >= 15 is 0 Å². The monoisotopic (exact) mass is 464 g/mol. The van der Waals surface area contributed by atoms with E-state index in [2.05, 4.69) is 28.7 Å². The van der Waals surface area contributed by atoms with Gasteiger partial charge in [0.05, 0.1) is 24.6 Å². The molecule has 0 saturated heterocycles. The van der Waals surface area contributed by atoms with Gasteiger partial charge in [0.15, 0.2) is 23.2 Å². The Hall–Kier alpha value is -3.92. The lowest BCUT2D eigenvalue weighted by atomic mass is 10.1. The second-order valence-corrected chi connectivity index (χ2v) is 7.69. The van der Waals surface area contributed by atoms with Crippen LogP contribution in [0.5, 0.6) is 5.75 Å². The second kappa shape index (κ2) is 10.3. The number of halogens is 4. The molecule has 0 spiro atoms. The Labute approximate surface area is 194 Å². The fraction of sp³-hybridized carbons (Fsp3) is 0.185. The first-order chi connectivity index (χ1) is 16.4. The van der Waals surface area contributed by atoms with Crippen LogP contribution in [0.4, 0.5) is 17.6 Å². The summed E-state index contributed by atoms with van der Waals surface area (Å²) in [5, 5.41) is 0.917. The summed E-state index contributed by atoms with van der Waals surface area (Å²) in [6.45, 7) is 2.65. The lowest BCUT2D eigenvalue weighted by molar-refractivity contribution is 0.304. The maximum Gasteiger partial charge on any atom is 0.159 e. The van der Waals surface area contributed by atoms with Crippen LogP contribution < -0.4 is 4.74 Å². The van der Waals surface area contributed by atoms with Crippen molar-refractivity contribution in [1.29, 1.82) is 0 Å². The van der Waals surface area contributed by atoms with Gasteiger partial charge in [-0.3, -0.25) is 0 Å². The second-order valence-electron chi connectivity index (χ2n) is 7.69. The molecule has 0 fully saturated rings. The van der Waals surface area contributed by atoms with Crippen LogP contribution in [0.25, 0.3) is 22.2 Å². The van der Waals surface area contributed by atoms with Gasteiger partial charge < -0.3 is 4.74 Å². The number of benzene rings is 3. The highest BCUT2D eigenvalue weighted by atomic mass is 19.2. The Morgan fingerprint density at radius 2 is 1.44 bits per heavy atom. The van der Waals surface area contributed by atoms with Crippen LogP contribution in [0.15, 0.2) is 54.9 Å². The molecule has 0 bridgehead atoms. The van der Waals surface area contributed by atoms with Crippen molar-refractivity contribution in [2.24, 2.45) is 0 Å². The highest BCUT2D eigenvalue weighted by Crippen LogP contribution is 2.23. The Balaban J connectivity index is 1.54. The molecular formula is C27H20F4N2O. The van der Waals surface area contributed by atoms with Gasteiger partial charge in [0, 0.05) is 11.1 Å². The molecule has 1 aromatic heterocycles. The number of fused-ring (bicyclic) bond motifs is 1. The molecule has 4 rings (SSSR count). The number of ether oxygens (including phenoxy) is 1. The van der Waals surface area contributed by atoms with E-state index in [1.165, 1.54) is 18.5 Å². The standard InChI is InChI=1S/C27H20F4N2O/c1-2-3-4-9-34-21-15-32-27(33-16-21)20-13-23(28)22(24(29)14-20)8-6-17-5-7-18-11-25(30)26(31)12-19(18)10-17/h5,7,10-16H,2-4,9H2,1H3. The molecule has 7 heteroatoms. The van der Waals surface area contributed by atoms with Crippen molar-refractivity contribution >= 4 is 10.8 Å². The first kappa shape index (κ1) is 23.2. The first-order valence-corrected chi connectivity index (χ1v) is 10.8. The summed E-state index contributed by atoms with van der Waals surface area (Å²) in [7, 11) is 0. The van der Waals surface area contributed by atoms with E-state index in [1.54, 1.807) is 12.1 Å². The van der Waals surface area contributed by atoms with Crippen molar-refractivity contribution in [3.05, 3.63) is 89.3 Å². The van der Waals surface area contributed by atoms with Gasteiger partial charge >= 0.3 is 0 Å². The van der Waals surface area contributed by atoms with E-state index in [0.717, 1.165) is 43.5 Å². The van der Waals surface area contributed by atoms with Crippen molar-refractivity contribution in [2.75, 3.05) is 6.61 Å². The molecule has 3 aromatic carbocycles. The molecule has 0 radical (unpaired) electrons. The minimum absolute atomic E-state index is 0.155. The van der Waals surface area contributed by atoms with E-state index in [1.807, 2.05) is 0 Å². The number of nitrogens with zero attached hydrogens (tertiary/aromatic N) is 2. The van der Waals surface area contributed by atoms with Gasteiger partial charge in [0.1, 0.15) is 11.6 Å². The van der Waals surface area contributed by atoms with Gasteiger partial charge in [-0.05, 0) is 53.6 Å². The summed E-state index contributed by atoms with van der Waals surface area (Å²) in [4.78, 5) is 8.27. The molecule has 0 aliphatic carbocycles. The predicted octanol–water partition coefficient (Wildman–Crippen LogP) is 6.82. The van der Waals surface area contributed by atoms with Crippen LogP contribution in [-0.4, -0.2) is 16.6 Å². The highest BCUT2D eigenvalue weighted by Gasteiger charge is 2.12. The molecule has 0 unspecified atom stereocenters. The summed E-state index contributed by atoms with van der Waals surface area (Å²) in [6, 6.07) is 9.00. The zero-order valence-corrected chi connectivity index (χ0v) is 18.3. The Morgan fingerprint density at radius 1 is 0.765 bits per heavy atom. The summed E-state index contributed by atoms with van der Waals surface area (Å²) in [5.74, 6) is 2.14. The fourth-order valence-corrected chi connectivity index (χ4v) is 3.36. The molecule has 34 heavy (non-hydrogen) atoms. The van der Waals surface area contributed by atoms with Gasteiger partial charge in [0.25, 0.3) is 0 Å². The van der Waals surface area contributed by atoms with E-state index in [0.29, 0.717) is 28.7 Å². The lowest BCUT2D eigenvalue weighted by Gasteiger charge is -2.07. The number of rotatable bonds is 6. The van der Waals surface area contributed by atoms with E-state index in [-0.39, 0.29) is 11.4 Å². The van der Waals surface area contributed by atoms with Gasteiger partial charge in [0.2, 0.25) is 0 Å². The fourth-order valence-electron chi connectivity index (χ4n) is 3.36. The van der Waals surface area contributed by atoms with Crippen molar-refractivity contribution < 1.29 is 22.3 Å². The topological polar surface area (TPSA) is 35.0 Å². The third kappa shape index (κ3) is 5.34. The Morgan fingerprint density at radius 3 is 2.12 bits per heavy atom. The van der Waals surface area contributed by atoms with Crippen molar-refractivity contribution in [3.8, 4) is 29.0 Å². The van der Waals surface area contributed by atoms with Crippen LogP contribution in [0.3, 0.4) is 0 Å². The largest absolute Gasteiger partial charge is 0.490 e. The van der Waals surface area contributed by atoms with Gasteiger partial charge in [-0.25, -0.2) is 27.5 Å². The van der Waals surface area contributed by atoms with E-state index in [4.69, 9.17) is 4.74 Å². The summed E-state index contributed by atoms with van der Waals surface area (Å²) in [6.07, 6.45) is 6.00. The van der Waals surface area contributed by atoms with Crippen LogP contribution >= 0.6 is 0 Å². The van der Waals surface area contributed by atoms with Gasteiger partial charge in [-0.2, -0.15) is 0 Å². The molecule has 0 aliphatic heterocycles. The van der Waals surface area contributed by atoms with Crippen LogP contribution in [0.1, 0.15) is 37.3 Å².